The normalized spacial score (nSPS) is 10.9. The first-order valence-electron chi connectivity index (χ1n) is 5.91. The van der Waals surface area contributed by atoms with Crippen molar-refractivity contribution in [3.05, 3.63) is 29.8 Å². The van der Waals surface area contributed by atoms with Gasteiger partial charge in [0.25, 0.3) is 0 Å². The van der Waals surface area contributed by atoms with E-state index in [9.17, 15) is 0 Å². The summed E-state index contributed by atoms with van der Waals surface area (Å²) in [4.78, 5) is 10.0. The number of nitrogens with one attached hydrogen (secondary N) is 1. The van der Waals surface area contributed by atoms with Gasteiger partial charge in [-0.2, -0.15) is 0 Å². The van der Waals surface area contributed by atoms with Crippen LogP contribution in [0.25, 0.3) is 21.8 Å². The van der Waals surface area contributed by atoms with Crippen LogP contribution in [0.1, 0.15) is 13.3 Å². The molecule has 3 heterocycles. The highest BCUT2D eigenvalue weighted by Crippen LogP contribution is 2.28. The number of anilines is 1. The van der Waals surface area contributed by atoms with Crippen molar-refractivity contribution < 1.29 is 4.42 Å². The van der Waals surface area contributed by atoms with Gasteiger partial charge in [-0.1, -0.05) is 6.92 Å². The summed E-state index contributed by atoms with van der Waals surface area (Å²) < 4.78 is 5.36. The van der Waals surface area contributed by atoms with Gasteiger partial charge in [-0.25, -0.2) is 9.97 Å². The molecule has 0 aromatic carbocycles. The molecule has 3 aromatic rings. The van der Waals surface area contributed by atoms with E-state index in [2.05, 4.69) is 22.2 Å². The van der Waals surface area contributed by atoms with Crippen molar-refractivity contribution >= 4 is 27.4 Å². The van der Waals surface area contributed by atoms with E-state index in [0.717, 1.165) is 29.0 Å². The van der Waals surface area contributed by atoms with Crippen LogP contribution in [-0.2, 0) is 0 Å². The molecule has 0 unspecified atom stereocenters. The molecule has 5 heteroatoms. The first kappa shape index (κ1) is 11.2. The largest absolute Gasteiger partial charge is 0.461 e. The Balaban J connectivity index is 2.11. The number of aromatic nitrogens is 2. The molecule has 0 atom stereocenters. The molecule has 18 heavy (non-hydrogen) atoms. The number of hydrogen-bond donors (Lipinski definition) is 1. The molecular formula is C13H13N3OS. The molecule has 0 bridgehead atoms. The van der Waals surface area contributed by atoms with E-state index in [1.807, 2.05) is 23.6 Å². The SMILES string of the molecule is CCCNc1nc(-c2ccco2)nc2sccc12. The highest BCUT2D eigenvalue weighted by molar-refractivity contribution is 7.16. The van der Waals surface area contributed by atoms with Gasteiger partial charge >= 0.3 is 0 Å². The predicted octanol–water partition coefficient (Wildman–Crippen LogP) is 3.77. The molecule has 3 aromatic heterocycles. The number of thiophene rings is 1. The van der Waals surface area contributed by atoms with E-state index in [1.54, 1.807) is 17.6 Å². The molecule has 0 spiro atoms. The van der Waals surface area contributed by atoms with Crippen LogP contribution >= 0.6 is 11.3 Å². The third-order valence-corrected chi connectivity index (χ3v) is 3.42. The predicted molar refractivity (Wildman–Crippen MR) is 73.9 cm³/mol. The lowest BCUT2D eigenvalue weighted by atomic mass is 10.3. The number of hydrogen-bond acceptors (Lipinski definition) is 5. The smallest absolute Gasteiger partial charge is 0.199 e. The number of furan rings is 1. The topological polar surface area (TPSA) is 51.0 Å². The summed E-state index contributed by atoms with van der Waals surface area (Å²) in [5.74, 6) is 2.22. The summed E-state index contributed by atoms with van der Waals surface area (Å²) >= 11 is 1.61. The minimum absolute atomic E-state index is 0.633. The van der Waals surface area contributed by atoms with Crippen LogP contribution in [0.2, 0.25) is 0 Å². The molecule has 0 saturated carbocycles. The minimum atomic E-state index is 0.633. The van der Waals surface area contributed by atoms with Crippen LogP contribution in [0.4, 0.5) is 5.82 Å². The van der Waals surface area contributed by atoms with Crippen LogP contribution in [-0.4, -0.2) is 16.5 Å². The molecule has 3 rings (SSSR count). The summed E-state index contributed by atoms with van der Waals surface area (Å²) in [7, 11) is 0. The van der Waals surface area contributed by atoms with Crippen molar-refractivity contribution in [1.29, 1.82) is 0 Å². The number of nitrogens with zero attached hydrogens (tertiary/aromatic N) is 2. The average Bonchev–Trinajstić information content (AvgIpc) is 3.05. The summed E-state index contributed by atoms with van der Waals surface area (Å²) in [5.41, 5.74) is 0. The molecule has 1 N–H and O–H groups in total. The molecule has 0 fully saturated rings. The van der Waals surface area contributed by atoms with Gasteiger partial charge < -0.3 is 9.73 Å². The van der Waals surface area contributed by atoms with Gasteiger partial charge in [0, 0.05) is 6.54 Å². The van der Waals surface area contributed by atoms with Gasteiger partial charge in [0.15, 0.2) is 11.6 Å². The quantitative estimate of drug-likeness (QED) is 0.774. The lowest BCUT2D eigenvalue weighted by Gasteiger charge is -2.06. The lowest BCUT2D eigenvalue weighted by Crippen LogP contribution is -2.03. The minimum Gasteiger partial charge on any atom is -0.461 e. The molecule has 0 amide bonds. The van der Waals surface area contributed by atoms with Gasteiger partial charge in [0.1, 0.15) is 10.6 Å². The Morgan fingerprint density at radius 3 is 3.06 bits per heavy atom. The average molecular weight is 259 g/mol. The fraction of sp³-hybridized carbons (Fsp3) is 0.231. The van der Waals surface area contributed by atoms with Crippen LogP contribution in [0.3, 0.4) is 0 Å². The second-order valence-electron chi connectivity index (χ2n) is 3.94. The Labute approximate surface area is 109 Å². The fourth-order valence-corrected chi connectivity index (χ4v) is 2.51. The maximum atomic E-state index is 5.36. The van der Waals surface area contributed by atoms with E-state index >= 15 is 0 Å². The molecular weight excluding hydrogens is 246 g/mol. The second kappa shape index (κ2) is 4.78. The standard InChI is InChI=1S/C13H13N3OS/c1-2-6-14-11-9-5-8-18-13(9)16-12(15-11)10-4-3-7-17-10/h3-5,7-8H,2,6H2,1H3,(H,14,15,16). The molecule has 0 aliphatic carbocycles. The third-order valence-electron chi connectivity index (χ3n) is 2.61. The van der Waals surface area contributed by atoms with Crippen LogP contribution in [0.15, 0.2) is 34.3 Å². The Kier molecular flexibility index (Phi) is 2.98. The molecule has 4 nitrogen and oxygen atoms in total. The zero-order valence-electron chi connectivity index (χ0n) is 10.0. The van der Waals surface area contributed by atoms with E-state index in [4.69, 9.17) is 4.42 Å². The fourth-order valence-electron chi connectivity index (χ4n) is 1.75. The maximum Gasteiger partial charge on any atom is 0.199 e. The van der Waals surface area contributed by atoms with Crippen molar-refractivity contribution in [2.75, 3.05) is 11.9 Å². The Hall–Kier alpha value is -1.88. The Morgan fingerprint density at radius 1 is 1.33 bits per heavy atom. The first-order chi connectivity index (χ1) is 8.88. The molecule has 0 aliphatic heterocycles. The van der Waals surface area contributed by atoms with Crippen molar-refractivity contribution in [3.63, 3.8) is 0 Å². The Morgan fingerprint density at radius 2 is 2.28 bits per heavy atom. The zero-order valence-corrected chi connectivity index (χ0v) is 10.8. The molecule has 0 aliphatic rings. The monoisotopic (exact) mass is 259 g/mol. The highest BCUT2D eigenvalue weighted by atomic mass is 32.1. The van der Waals surface area contributed by atoms with Gasteiger partial charge in [-0.05, 0) is 30.0 Å². The van der Waals surface area contributed by atoms with Gasteiger partial charge in [0.05, 0.1) is 11.6 Å². The van der Waals surface area contributed by atoms with Gasteiger partial charge in [0.2, 0.25) is 0 Å². The number of fused-ring (bicyclic) bond motifs is 1. The van der Waals surface area contributed by atoms with E-state index in [-0.39, 0.29) is 0 Å². The molecule has 0 radical (unpaired) electrons. The Bertz CT molecular complexity index is 645. The number of rotatable bonds is 4. The van der Waals surface area contributed by atoms with Crippen molar-refractivity contribution in [2.45, 2.75) is 13.3 Å². The highest BCUT2D eigenvalue weighted by Gasteiger charge is 2.11. The van der Waals surface area contributed by atoms with Crippen LogP contribution < -0.4 is 5.32 Å². The van der Waals surface area contributed by atoms with Crippen molar-refractivity contribution in [2.24, 2.45) is 0 Å². The van der Waals surface area contributed by atoms with E-state index < -0.39 is 0 Å². The van der Waals surface area contributed by atoms with Gasteiger partial charge in [-0.3, -0.25) is 0 Å². The lowest BCUT2D eigenvalue weighted by molar-refractivity contribution is 0.578. The zero-order chi connectivity index (χ0) is 12.4. The van der Waals surface area contributed by atoms with E-state index in [0.29, 0.717) is 11.6 Å². The second-order valence-corrected chi connectivity index (χ2v) is 4.83. The molecule has 92 valence electrons. The molecule has 0 saturated heterocycles. The van der Waals surface area contributed by atoms with Crippen LogP contribution in [0, 0.1) is 0 Å². The van der Waals surface area contributed by atoms with Crippen LogP contribution in [0.5, 0.6) is 0 Å². The van der Waals surface area contributed by atoms with Crippen molar-refractivity contribution in [1.82, 2.24) is 9.97 Å². The van der Waals surface area contributed by atoms with Gasteiger partial charge in [-0.15, -0.1) is 11.3 Å². The van der Waals surface area contributed by atoms with E-state index in [1.165, 1.54) is 0 Å². The summed E-state index contributed by atoms with van der Waals surface area (Å²) in [5, 5.41) is 6.44. The maximum absolute atomic E-state index is 5.36. The summed E-state index contributed by atoms with van der Waals surface area (Å²) in [6.45, 7) is 3.03. The summed E-state index contributed by atoms with van der Waals surface area (Å²) in [6, 6.07) is 5.76. The third kappa shape index (κ3) is 1.97. The first-order valence-corrected chi connectivity index (χ1v) is 6.79. The summed E-state index contributed by atoms with van der Waals surface area (Å²) in [6.07, 6.45) is 2.70. The van der Waals surface area contributed by atoms with Crippen molar-refractivity contribution in [3.8, 4) is 11.6 Å².